The van der Waals surface area contributed by atoms with Crippen LogP contribution < -0.4 is 5.32 Å². The average molecular weight is 453 g/mol. The number of hydrogen-bond donors (Lipinski definition) is 1. The smallest absolute Gasteiger partial charge is 0.193 e. The average Bonchev–Trinajstić information content (AvgIpc) is 3.14. The second kappa shape index (κ2) is 8.48. The van der Waals surface area contributed by atoms with Crippen LogP contribution in [0.5, 0.6) is 0 Å². The van der Waals surface area contributed by atoms with E-state index < -0.39 is 0 Å². The van der Waals surface area contributed by atoms with Crippen molar-refractivity contribution in [3.8, 4) is 0 Å². The van der Waals surface area contributed by atoms with Crippen LogP contribution in [0.15, 0.2) is 23.2 Å². The van der Waals surface area contributed by atoms with Gasteiger partial charge in [-0.05, 0) is 38.1 Å². The van der Waals surface area contributed by atoms with E-state index in [1.54, 1.807) is 12.1 Å². The van der Waals surface area contributed by atoms with Gasteiger partial charge in [0.25, 0.3) is 0 Å². The molecule has 23 heavy (non-hydrogen) atoms. The van der Waals surface area contributed by atoms with Gasteiger partial charge in [-0.3, -0.25) is 9.89 Å². The van der Waals surface area contributed by atoms with Crippen molar-refractivity contribution >= 4 is 41.5 Å². The molecule has 0 saturated carbocycles. The fourth-order valence-electron chi connectivity index (χ4n) is 3.21. The molecule has 0 aromatic heterocycles. The second-order valence-corrected chi connectivity index (χ2v) is 6.31. The number of guanidine groups is 1. The Balaban J connectivity index is 0.00000192. The molecule has 1 atom stereocenters. The molecule has 1 fully saturated rings. The van der Waals surface area contributed by atoms with Crippen molar-refractivity contribution in [3.05, 3.63) is 34.6 Å². The number of nitrogens with one attached hydrogen (secondary N) is 1. The summed E-state index contributed by atoms with van der Waals surface area (Å²) in [4.78, 5) is 8.84. The maximum atomic E-state index is 14.4. The summed E-state index contributed by atoms with van der Waals surface area (Å²) in [5.74, 6) is 0.657. The lowest BCUT2D eigenvalue weighted by Gasteiger charge is -2.30. The highest BCUT2D eigenvalue weighted by atomic mass is 127. The van der Waals surface area contributed by atoms with Crippen LogP contribution in [-0.4, -0.2) is 55.5 Å². The van der Waals surface area contributed by atoms with E-state index in [0.29, 0.717) is 17.1 Å². The fourth-order valence-corrected chi connectivity index (χ4v) is 3.50. The molecule has 4 nitrogen and oxygen atoms in total. The van der Waals surface area contributed by atoms with E-state index >= 15 is 0 Å². The maximum Gasteiger partial charge on any atom is 0.193 e. The van der Waals surface area contributed by atoms with Crippen LogP contribution >= 0.6 is 35.6 Å². The Hall–Kier alpha value is -0.600. The van der Waals surface area contributed by atoms with E-state index in [0.717, 1.165) is 45.0 Å². The lowest BCUT2D eigenvalue weighted by molar-refractivity contribution is 0.239. The van der Waals surface area contributed by atoms with Crippen molar-refractivity contribution in [2.24, 2.45) is 4.99 Å². The quantitative estimate of drug-likeness (QED) is 0.712. The molecule has 0 bridgehead atoms. The molecule has 128 valence electrons. The molecule has 0 aliphatic carbocycles. The molecule has 1 aromatic carbocycles. The summed E-state index contributed by atoms with van der Waals surface area (Å²) >= 11 is 6.29. The molecule has 0 radical (unpaired) electrons. The van der Waals surface area contributed by atoms with Gasteiger partial charge in [-0.25, -0.2) is 4.39 Å². The third-order valence-corrected chi connectivity index (χ3v) is 4.76. The molecule has 1 N–H and O–H groups in total. The van der Waals surface area contributed by atoms with Crippen molar-refractivity contribution < 1.29 is 4.39 Å². The van der Waals surface area contributed by atoms with Crippen LogP contribution in [0.25, 0.3) is 0 Å². The monoisotopic (exact) mass is 452 g/mol. The number of aliphatic imine (C=N–C) groups is 1. The lowest BCUT2D eigenvalue weighted by atomic mass is 10.0. The Kier molecular flexibility index (Phi) is 6.91. The maximum absolute atomic E-state index is 14.4. The summed E-state index contributed by atoms with van der Waals surface area (Å²) in [6.07, 6.45) is 2.31. The third-order valence-electron chi connectivity index (χ3n) is 4.43. The van der Waals surface area contributed by atoms with E-state index in [4.69, 9.17) is 11.6 Å². The molecule has 2 aliphatic heterocycles. The highest BCUT2D eigenvalue weighted by Gasteiger charge is 2.28. The van der Waals surface area contributed by atoms with Gasteiger partial charge in [-0.2, -0.15) is 0 Å². The molecule has 2 heterocycles. The number of rotatable bonds is 4. The Morgan fingerprint density at radius 3 is 2.65 bits per heavy atom. The molecular weight excluding hydrogens is 430 g/mol. The lowest BCUT2D eigenvalue weighted by Crippen LogP contribution is -2.41. The molecule has 1 unspecified atom stereocenters. The van der Waals surface area contributed by atoms with Gasteiger partial charge in [0.2, 0.25) is 0 Å². The van der Waals surface area contributed by atoms with Gasteiger partial charge in [-0.15, -0.1) is 24.0 Å². The SMILES string of the molecule is CN1CCN=C1NCC(c1c(F)cccc1Cl)N1CCCC1.I. The Morgan fingerprint density at radius 2 is 2.04 bits per heavy atom. The van der Waals surface area contributed by atoms with Crippen LogP contribution in [0.4, 0.5) is 4.39 Å². The van der Waals surface area contributed by atoms with E-state index in [-0.39, 0.29) is 35.8 Å². The van der Waals surface area contributed by atoms with E-state index in [9.17, 15) is 4.39 Å². The molecule has 3 rings (SSSR count). The van der Waals surface area contributed by atoms with Crippen LogP contribution in [0.1, 0.15) is 24.4 Å². The van der Waals surface area contributed by atoms with Crippen LogP contribution in [-0.2, 0) is 0 Å². The Bertz CT molecular complexity index is 543. The Morgan fingerprint density at radius 1 is 1.30 bits per heavy atom. The summed E-state index contributed by atoms with van der Waals surface area (Å²) in [6.45, 7) is 4.33. The van der Waals surface area contributed by atoms with Crippen molar-refractivity contribution in [3.63, 3.8) is 0 Å². The first-order chi connectivity index (χ1) is 10.7. The minimum Gasteiger partial charge on any atom is -0.354 e. The first-order valence-electron chi connectivity index (χ1n) is 7.84. The van der Waals surface area contributed by atoms with Crippen molar-refractivity contribution in [2.45, 2.75) is 18.9 Å². The molecule has 0 spiro atoms. The zero-order valence-corrected chi connectivity index (χ0v) is 16.4. The summed E-state index contributed by atoms with van der Waals surface area (Å²) in [5.41, 5.74) is 0.597. The number of benzene rings is 1. The summed E-state index contributed by atoms with van der Waals surface area (Å²) in [5, 5.41) is 3.87. The van der Waals surface area contributed by atoms with Crippen molar-refractivity contribution in [1.29, 1.82) is 0 Å². The van der Waals surface area contributed by atoms with Gasteiger partial charge >= 0.3 is 0 Å². The van der Waals surface area contributed by atoms with Gasteiger partial charge < -0.3 is 10.2 Å². The summed E-state index contributed by atoms with van der Waals surface area (Å²) in [6, 6.07) is 4.85. The normalized spacial score (nSPS) is 19.4. The molecule has 2 aliphatic rings. The van der Waals surface area contributed by atoms with Gasteiger partial charge in [0.1, 0.15) is 5.82 Å². The van der Waals surface area contributed by atoms with Crippen molar-refractivity contribution in [1.82, 2.24) is 15.1 Å². The number of hydrogen-bond acceptors (Lipinski definition) is 4. The first kappa shape index (κ1) is 18.7. The van der Waals surface area contributed by atoms with E-state index in [1.807, 2.05) is 7.05 Å². The van der Waals surface area contributed by atoms with Crippen LogP contribution in [0.2, 0.25) is 5.02 Å². The molecule has 0 amide bonds. The largest absolute Gasteiger partial charge is 0.354 e. The van der Waals surface area contributed by atoms with Crippen LogP contribution in [0.3, 0.4) is 0 Å². The molecule has 1 saturated heterocycles. The predicted octanol–water partition coefficient (Wildman–Crippen LogP) is 3.13. The molecule has 1 aromatic rings. The first-order valence-corrected chi connectivity index (χ1v) is 8.22. The fraction of sp³-hybridized carbons (Fsp3) is 0.562. The second-order valence-electron chi connectivity index (χ2n) is 5.90. The summed E-state index contributed by atoms with van der Waals surface area (Å²) < 4.78 is 14.4. The number of nitrogens with zero attached hydrogens (tertiary/aromatic N) is 3. The van der Waals surface area contributed by atoms with Gasteiger partial charge in [-0.1, -0.05) is 17.7 Å². The highest BCUT2D eigenvalue weighted by molar-refractivity contribution is 14.0. The van der Waals surface area contributed by atoms with Crippen molar-refractivity contribution in [2.75, 3.05) is 39.8 Å². The third kappa shape index (κ3) is 4.28. The number of likely N-dealkylation sites (N-methyl/N-ethyl adjacent to an activating group) is 1. The zero-order chi connectivity index (χ0) is 15.5. The zero-order valence-electron chi connectivity index (χ0n) is 13.3. The van der Waals surface area contributed by atoms with E-state index in [2.05, 4.69) is 20.1 Å². The predicted molar refractivity (Wildman–Crippen MR) is 103 cm³/mol. The van der Waals surface area contributed by atoms with Gasteiger partial charge in [0.05, 0.1) is 12.6 Å². The number of likely N-dealkylation sites (tertiary alicyclic amines) is 1. The minimum absolute atomic E-state index is 0. The highest BCUT2D eigenvalue weighted by Crippen LogP contribution is 2.32. The molecular formula is C16H23ClFIN4. The molecule has 7 heteroatoms. The standard InChI is InChI=1S/C16H22ClFN4.HI/c1-21-10-7-19-16(21)20-11-14(22-8-2-3-9-22)15-12(17)5-4-6-13(15)18;/h4-6,14H,2-3,7-11H2,1H3,(H,19,20);1H. The minimum atomic E-state index is -0.229. The number of halogens is 3. The summed E-state index contributed by atoms with van der Waals surface area (Å²) in [7, 11) is 2.01. The van der Waals surface area contributed by atoms with Crippen LogP contribution in [0, 0.1) is 5.82 Å². The van der Waals surface area contributed by atoms with Gasteiger partial charge in [0, 0.05) is 30.7 Å². The topological polar surface area (TPSA) is 30.9 Å². The van der Waals surface area contributed by atoms with E-state index in [1.165, 1.54) is 6.07 Å². The van der Waals surface area contributed by atoms with Gasteiger partial charge in [0.15, 0.2) is 5.96 Å². The Labute approximate surface area is 159 Å².